The highest BCUT2D eigenvalue weighted by atomic mass is 16.5. The minimum absolute atomic E-state index is 0.000625. The van der Waals surface area contributed by atoms with Crippen LogP contribution in [0.25, 0.3) is 5.70 Å². The lowest BCUT2D eigenvalue weighted by Gasteiger charge is -2.33. The topological polar surface area (TPSA) is 55.4 Å². The molecule has 0 amide bonds. The fourth-order valence-corrected chi connectivity index (χ4v) is 4.65. The molecule has 140 valence electrons. The van der Waals surface area contributed by atoms with Crippen molar-refractivity contribution in [3.8, 4) is 5.75 Å². The van der Waals surface area contributed by atoms with Gasteiger partial charge in [0.2, 0.25) is 0 Å². The van der Waals surface area contributed by atoms with Crippen LogP contribution in [0.15, 0.2) is 65.4 Å². The van der Waals surface area contributed by atoms with Gasteiger partial charge in [-0.1, -0.05) is 42.5 Å². The highest BCUT2D eigenvalue weighted by molar-refractivity contribution is 6.23. The van der Waals surface area contributed by atoms with E-state index in [4.69, 9.17) is 4.74 Å². The maximum absolute atomic E-state index is 13.4. The number of benzene rings is 2. The molecule has 0 saturated carbocycles. The molecule has 0 unspecified atom stereocenters. The van der Waals surface area contributed by atoms with E-state index in [1.54, 1.807) is 0 Å². The Labute approximate surface area is 163 Å². The summed E-state index contributed by atoms with van der Waals surface area (Å²) in [4.78, 5) is 26.4. The quantitative estimate of drug-likeness (QED) is 0.870. The summed E-state index contributed by atoms with van der Waals surface area (Å²) in [5.74, 6) is 0.471. The predicted molar refractivity (Wildman–Crippen MR) is 107 cm³/mol. The standard InChI is InChI=1S/C24H21NO3/c1-2-28-19-13-6-5-10-16(19)20-21-17(11-7-12-18(21)26)25-23-14-8-3-4-9-15(14)24(27)22(20)23/h3-6,8-10,13,20,25H,2,7,11-12H2,1H3/t20-/m0/s1. The van der Waals surface area contributed by atoms with Gasteiger partial charge in [-0.2, -0.15) is 0 Å². The first-order chi connectivity index (χ1) is 13.7. The third-order valence-electron chi connectivity index (χ3n) is 5.79. The van der Waals surface area contributed by atoms with Gasteiger partial charge in [-0.3, -0.25) is 9.59 Å². The van der Waals surface area contributed by atoms with E-state index < -0.39 is 0 Å². The SMILES string of the molecule is CCOc1ccccc1[C@H]1C2=C(CCCC2=O)NC2=C1C(=O)c1ccccc12. The number of fused-ring (bicyclic) bond motifs is 2. The number of nitrogens with one attached hydrogen (secondary N) is 1. The number of para-hydroxylation sites is 1. The lowest BCUT2D eigenvalue weighted by molar-refractivity contribution is -0.116. The van der Waals surface area contributed by atoms with Crippen molar-refractivity contribution < 1.29 is 14.3 Å². The Morgan fingerprint density at radius 2 is 1.71 bits per heavy atom. The largest absolute Gasteiger partial charge is 0.494 e. The second kappa shape index (κ2) is 6.48. The number of hydrogen-bond donors (Lipinski definition) is 1. The molecule has 4 nitrogen and oxygen atoms in total. The molecular weight excluding hydrogens is 350 g/mol. The Morgan fingerprint density at radius 3 is 2.54 bits per heavy atom. The number of ether oxygens (including phenoxy) is 1. The van der Waals surface area contributed by atoms with E-state index in [0.29, 0.717) is 24.2 Å². The summed E-state index contributed by atoms with van der Waals surface area (Å²) >= 11 is 0. The third kappa shape index (κ3) is 2.37. The Morgan fingerprint density at radius 1 is 0.964 bits per heavy atom. The summed E-state index contributed by atoms with van der Waals surface area (Å²) in [6.45, 7) is 2.47. The molecule has 28 heavy (non-hydrogen) atoms. The molecule has 0 aromatic heterocycles. The molecule has 1 aliphatic heterocycles. The molecule has 2 aromatic rings. The minimum Gasteiger partial charge on any atom is -0.494 e. The Bertz CT molecular complexity index is 1080. The van der Waals surface area contributed by atoms with Gasteiger partial charge < -0.3 is 10.1 Å². The number of carbonyl (C=O) groups is 2. The lowest BCUT2D eigenvalue weighted by Crippen LogP contribution is -2.31. The van der Waals surface area contributed by atoms with Crippen LogP contribution in [0, 0.1) is 0 Å². The smallest absolute Gasteiger partial charge is 0.192 e. The summed E-state index contributed by atoms with van der Waals surface area (Å²) < 4.78 is 5.88. The highest BCUT2D eigenvalue weighted by Crippen LogP contribution is 2.50. The molecule has 0 saturated heterocycles. The van der Waals surface area contributed by atoms with Crippen LogP contribution in [-0.4, -0.2) is 18.2 Å². The Balaban J connectivity index is 1.76. The predicted octanol–water partition coefficient (Wildman–Crippen LogP) is 4.39. The highest BCUT2D eigenvalue weighted by Gasteiger charge is 2.44. The molecule has 2 aliphatic carbocycles. The van der Waals surface area contributed by atoms with Crippen LogP contribution in [-0.2, 0) is 4.79 Å². The van der Waals surface area contributed by atoms with Gasteiger partial charge in [0.25, 0.3) is 0 Å². The van der Waals surface area contributed by atoms with Gasteiger partial charge in [0.05, 0.1) is 12.3 Å². The van der Waals surface area contributed by atoms with Gasteiger partial charge in [-0.05, 0) is 25.8 Å². The van der Waals surface area contributed by atoms with Crippen LogP contribution < -0.4 is 10.1 Å². The van der Waals surface area contributed by atoms with Gasteiger partial charge in [0, 0.05) is 45.9 Å². The maximum Gasteiger partial charge on any atom is 0.192 e. The van der Waals surface area contributed by atoms with Crippen molar-refractivity contribution in [3.05, 3.63) is 82.1 Å². The van der Waals surface area contributed by atoms with Crippen LogP contribution in [0.5, 0.6) is 5.75 Å². The Hall–Kier alpha value is -3.14. The number of hydrogen-bond acceptors (Lipinski definition) is 4. The molecule has 3 aliphatic rings. The van der Waals surface area contributed by atoms with Crippen molar-refractivity contribution in [1.29, 1.82) is 0 Å². The molecule has 2 aromatic carbocycles. The van der Waals surface area contributed by atoms with Crippen LogP contribution >= 0.6 is 0 Å². The zero-order valence-corrected chi connectivity index (χ0v) is 15.7. The third-order valence-corrected chi connectivity index (χ3v) is 5.79. The van der Waals surface area contributed by atoms with Gasteiger partial charge in [-0.15, -0.1) is 0 Å². The van der Waals surface area contributed by atoms with E-state index in [1.807, 2.05) is 55.5 Å². The van der Waals surface area contributed by atoms with Crippen molar-refractivity contribution in [2.24, 2.45) is 0 Å². The zero-order valence-electron chi connectivity index (χ0n) is 15.7. The van der Waals surface area contributed by atoms with E-state index in [2.05, 4.69) is 5.32 Å². The molecular formula is C24H21NO3. The average molecular weight is 371 g/mol. The number of rotatable bonds is 3. The van der Waals surface area contributed by atoms with E-state index in [-0.39, 0.29) is 17.5 Å². The Kier molecular flexibility index (Phi) is 3.93. The molecule has 0 fully saturated rings. The number of carbonyl (C=O) groups excluding carboxylic acids is 2. The molecule has 0 bridgehead atoms. The molecule has 0 radical (unpaired) electrons. The van der Waals surface area contributed by atoms with Crippen molar-refractivity contribution >= 4 is 17.3 Å². The summed E-state index contributed by atoms with van der Waals surface area (Å²) in [5.41, 5.74) is 5.72. The normalized spacial score (nSPS) is 20.5. The lowest BCUT2D eigenvalue weighted by atomic mass is 9.74. The van der Waals surface area contributed by atoms with Crippen LogP contribution in [0.4, 0.5) is 0 Å². The van der Waals surface area contributed by atoms with Gasteiger partial charge >= 0.3 is 0 Å². The molecule has 1 heterocycles. The number of dihydropyridines is 1. The monoisotopic (exact) mass is 371 g/mol. The number of Topliss-reactive ketones (excluding diaryl/α,β-unsaturated/α-hetero) is 2. The molecule has 1 N–H and O–H groups in total. The summed E-state index contributed by atoms with van der Waals surface area (Å²) in [6, 6.07) is 15.4. The fourth-order valence-electron chi connectivity index (χ4n) is 4.65. The van der Waals surface area contributed by atoms with Crippen LogP contribution in [0.3, 0.4) is 0 Å². The summed E-state index contributed by atoms with van der Waals surface area (Å²) in [6.07, 6.45) is 2.18. The molecule has 5 rings (SSSR count). The average Bonchev–Trinajstić information content (AvgIpc) is 3.00. The first-order valence-electron chi connectivity index (χ1n) is 9.84. The maximum atomic E-state index is 13.4. The molecule has 1 atom stereocenters. The van der Waals surface area contributed by atoms with E-state index >= 15 is 0 Å². The van der Waals surface area contributed by atoms with E-state index in [9.17, 15) is 9.59 Å². The zero-order chi connectivity index (χ0) is 19.3. The van der Waals surface area contributed by atoms with Crippen LogP contribution in [0.1, 0.15) is 53.6 Å². The van der Waals surface area contributed by atoms with Crippen molar-refractivity contribution in [1.82, 2.24) is 5.32 Å². The van der Waals surface area contributed by atoms with Crippen molar-refractivity contribution in [3.63, 3.8) is 0 Å². The molecule has 0 spiro atoms. The van der Waals surface area contributed by atoms with Gasteiger partial charge in [0.15, 0.2) is 11.6 Å². The first kappa shape index (κ1) is 17.0. The van der Waals surface area contributed by atoms with Crippen LogP contribution in [0.2, 0.25) is 0 Å². The first-order valence-corrected chi connectivity index (χ1v) is 9.84. The molecule has 4 heteroatoms. The van der Waals surface area contributed by atoms with Gasteiger partial charge in [-0.25, -0.2) is 0 Å². The number of ketones is 2. The summed E-state index contributed by atoms with van der Waals surface area (Å²) in [5, 5.41) is 3.46. The summed E-state index contributed by atoms with van der Waals surface area (Å²) in [7, 11) is 0. The van der Waals surface area contributed by atoms with E-state index in [1.165, 1.54) is 0 Å². The van der Waals surface area contributed by atoms with Gasteiger partial charge in [0.1, 0.15) is 5.75 Å². The minimum atomic E-state index is -0.387. The van der Waals surface area contributed by atoms with Crippen molar-refractivity contribution in [2.75, 3.05) is 6.61 Å². The fraction of sp³-hybridized carbons (Fsp3) is 0.250. The number of allylic oxidation sites excluding steroid dienone is 3. The van der Waals surface area contributed by atoms with Crippen molar-refractivity contribution in [2.45, 2.75) is 32.1 Å². The van der Waals surface area contributed by atoms with E-state index in [0.717, 1.165) is 46.7 Å². The second-order valence-corrected chi connectivity index (χ2v) is 7.36. The second-order valence-electron chi connectivity index (χ2n) is 7.36.